The summed E-state index contributed by atoms with van der Waals surface area (Å²) >= 11 is 11.5. The summed E-state index contributed by atoms with van der Waals surface area (Å²) in [6.45, 7) is 0.468. The molecule has 0 N–H and O–H groups in total. The van der Waals surface area contributed by atoms with Gasteiger partial charge in [-0.1, -0.05) is 29.8 Å². The number of hydrogen-bond acceptors (Lipinski definition) is 2. The molecule has 0 aliphatic rings. The minimum atomic E-state index is 0.387. The van der Waals surface area contributed by atoms with Crippen LogP contribution in [0.3, 0.4) is 0 Å². The Hall–Kier alpha value is -1.25. The van der Waals surface area contributed by atoms with Crippen molar-refractivity contribution in [2.75, 3.05) is 0 Å². The average molecular weight is 268 g/mol. The van der Waals surface area contributed by atoms with Crippen LogP contribution < -0.4 is 4.74 Å². The van der Waals surface area contributed by atoms with E-state index in [9.17, 15) is 0 Å². The van der Waals surface area contributed by atoms with Crippen molar-refractivity contribution in [3.8, 4) is 5.88 Å². The second-order valence-electron chi connectivity index (χ2n) is 3.52. The molecule has 2 aromatic rings. The van der Waals surface area contributed by atoms with Crippen LogP contribution in [-0.4, -0.2) is 4.98 Å². The predicted octanol–water partition coefficient (Wildman–Crippen LogP) is 4.05. The predicted molar refractivity (Wildman–Crippen MR) is 69.6 cm³/mol. The number of nitrogens with zero attached hydrogens (tertiary/aromatic N) is 1. The summed E-state index contributed by atoms with van der Waals surface area (Å²) < 4.78 is 5.56. The molecular formula is C13H11Cl2NO. The molecule has 0 bridgehead atoms. The van der Waals surface area contributed by atoms with Crippen LogP contribution in [-0.2, 0) is 12.5 Å². The van der Waals surface area contributed by atoms with Crippen molar-refractivity contribution in [2.24, 2.45) is 0 Å². The van der Waals surface area contributed by atoms with E-state index >= 15 is 0 Å². The van der Waals surface area contributed by atoms with E-state index in [1.54, 1.807) is 0 Å². The molecule has 17 heavy (non-hydrogen) atoms. The molecule has 4 heteroatoms. The number of hydrogen-bond donors (Lipinski definition) is 0. The van der Waals surface area contributed by atoms with Gasteiger partial charge in [0.2, 0.25) is 5.88 Å². The summed E-state index contributed by atoms with van der Waals surface area (Å²) in [7, 11) is 0. The fourth-order valence-corrected chi connectivity index (χ4v) is 1.63. The van der Waals surface area contributed by atoms with E-state index in [2.05, 4.69) is 4.98 Å². The maximum atomic E-state index is 5.80. The highest BCUT2D eigenvalue weighted by molar-refractivity contribution is 6.30. The molecule has 2 nitrogen and oxygen atoms in total. The molecule has 0 fully saturated rings. The number of halogens is 2. The smallest absolute Gasteiger partial charge is 0.213 e. The zero-order valence-corrected chi connectivity index (χ0v) is 10.6. The van der Waals surface area contributed by atoms with Crippen LogP contribution in [0, 0.1) is 0 Å². The van der Waals surface area contributed by atoms with Crippen molar-refractivity contribution in [3.63, 3.8) is 0 Å². The lowest BCUT2D eigenvalue weighted by Crippen LogP contribution is -1.98. The van der Waals surface area contributed by atoms with E-state index in [1.165, 1.54) is 0 Å². The lowest BCUT2D eigenvalue weighted by atomic mass is 10.2. The highest BCUT2D eigenvalue weighted by Gasteiger charge is 1.99. The number of ether oxygens (including phenoxy) is 1. The lowest BCUT2D eigenvalue weighted by molar-refractivity contribution is 0.293. The highest BCUT2D eigenvalue weighted by Crippen LogP contribution is 2.13. The molecule has 2 rings (SSSR count). The van der Waals surface area contributed by atoms with Crippen molar-refractivity contribution in [3.05, 3.63) is 58.7 Å². The number of aromatic nitrogens is 1. The van der Waals surface area contributed by atoms with Crippen molar-refractivity contribution >= 4 is 23.2 Å². The molecule has 0 atom stereocenters. The third kappa shape index (κ3) is 3.62. The quantitative estimate of drug-likeness (QED) is 0.780. The molecule has 1 aromatic heterocycles. The highest BCUT2D eigenvalue weighted by atomic mass is 35.5. The third-order valence-corrected chi connectivity index (χ3v) is 2.74. The van der Waals surface area contributed by atoms with Crippen LogP contribution in [0.1, 0.15) is 11.3 Å². The average Bonchev–Trinajstić information content (AvgIpc) is 2.38. The van der Waals surface area contributed by atoms with Crippen LogP contribution in [0.25, 0.3) is 0 Å². The first-order valence-corrected chi connectivity index (χ1v) is 6.08. The molecule has 0 aliphatic carbocycles. The van der Waals surface area contributed by atoms with E-state index in [-0.39, 0.29) is 0 Å². The van der Waals surface area contributed by atoms with Crippen molar-refractivity contribution in [2.45, 2.75) is 12.5 Å². The molecule has 0 saturated carbocycles. The van der Waals surface area contributed by atoms with Gasteiger partial charge in [-0.05, 0) is 23.8 Å². The van der Waals surface area contributed by atoms with Gasteiger partial charge < -0.3 is 4.74 Å². The summed E-state index contributed by atoms with van der Waals surface area (Å²) in [4.78, 5) is 4.24. The van der Waals surface area contributed by atoms with Gasteiger partial charge in [0.1, 0.15) is 6.61 Å². The van der Waals surface area contributed by atoms with Crippen molar-refractivity contribution in [1.82, 2.24) is 4.98 Å². The van der Waals surface area contributed by atoms with Crippen molar-refractivity contribution < 1.29 is 4.74 Å². The maximum absolute atomic E-state index is 5.80. The Kier molecular flexibility index (Phi) is 4.24. The van der Waals surface area contributed by atoms with E-state index in [1.807, 2.05) is 42.5 Å². The lowest BCUT2D eigenvalue weighted by Gasteiger charge is -2.06. The zero-order chi connectivity index (χ0) is 12.1. The fraction of sp³-hybridized carbons (Fsp3) is 0.154. The number of rotatable bonds is 4. The Labute approximate surface area is 110 Å². The molecule has 0 radical (unpaired) electrons. The Morgan fingerprint density at radius 3 is 2.53 bits per heavy atom. The Balaban J connectivity index is 1.99. The topological polar surface area (TPSA) is 22.1 Å². The number of benzene rings is 1. The Morgan fingerprint density at radius 1 is 1.06 bits per heavy atom. The second kappa shape index (κ2) is 5.89. The molecular weight excluding hydrogens is 257 g/mol. The Bertz CT molecular complexity index is 485. The molecule has 0 amide bonds. The van der Waals surface area contributed by atoms with Crippen LogP contribution in [0.5, 0.6) is 5.88 Å². The van der Waals surface area contributed by atoms with E-state index < -0.39 is 0 Å². The second-order valence-corrected chi connectivity index (χ2v) is 4.22. The standard InChI is InChI=1S/C13H11Cl2NO/c14-8-12-2-1-3-13(16-12)17-9-10-4-6-11(15)7-5-10/h1-7H,8-9H2. The number of pyridine rings is 1. The van der Waals surface area contributed by atoms with E-state index in [4.69, 9.17) is 27.9 Å². The first kappa shape index (κ1) is 12.2. The van der Waals surface area contributed by atoms with E-state index in [0.29, 0.717) is 18.4 Å². The summed E-state index contributed by atoms with van der Waals surface area (Å²) in [6, 6.07) is 13.1. The summed E-state index contributed by atoms with van der Waals surface area (Å²) in [5.74, 6) is 0.969. The zero-order valence-electron chi connectivity index (χ0n) is 9.07. The van der Waals surface area contributed by atoms with Gasteiger partial charge >= 0.3 is 0 Å². The maximum Gasteiger partial charge on any atom is 0.213 e. The van der Waals surface area contributed by atoms with Crippen molar-refractivity contribution in [1.29, 1.82) is 0 Å². The first-order chi connectivity index (χ1) is 8.28. The molecule has 0 aliphatic heterocycles. The normalized spacial score (nSPS) is 10.2. The third-order valence-electron chi connectivity index (χ3n) is 2.22. The SMILES string of the molecule is ClCc1cccc(OCc2ccc(Cl)cc2)n1. The summed E-state index contributed by atoms with van der Waals surface area (Å²) in [5.41, 5.74) is 1.85. The molecule has 1 aromatic carbocycles. The molecule has 0 unspecified atom stereocenters. The van der Waals surface area contributed by atoms with Crippen LogP contribution in [0.2, 0.25) is 5.02 Å². The molecule has 0 saturated heterocycles. The minimum Gasteiger partial charge on any atom is -0.473 e. The van der Waals surface area contributed by atoms with Crippen LogP contribution >= 0.6 is 23.2 Å². The molecule has 0 spiro atoms. The van der Waals surface area contributed by atoms with Gasteiger partial charge in [-0.2, -0.15) is 0 Å². The minimum absolute atomic E-state index is 0.387. The van der Waals surface area contributed by atoms with Gasteiger partial charge in [0.25, 0.3) is 0 Å². The van der Waals surface area contributed by atoms with Crippen LogP contribution in [0.15, 0.2) is 42.5 Å². The molecule has 1 heterocycles. The van der Waals surface area contributed by atoms with Gasteiger partial charge in [-0.25, -0.2) is 4.98 Å². The van der Waals surface area contributed by atoms with Gasteiger partial charge in [0.15, 0.2) is 0 Å². The summed E-state index contributed by atoms with van der Waals surface area (Å²) in [6.07, 6.45) is 0. The monoisotopic (exact) mass is 267 g/mol. The largest absolute Gasteiger partial charge is 0.473 e. The summed E-state index contributed by atoms with van der Waals surface area (Å²) in [5, 5.41) is 0.719. The molecule has 88 valence electrons. The van der Waals surface area contributed by atoms with Gasteiger partial charge in [0, 0.05) is 11.1 Å². The van der Waals surface area contributed by atoms with Gasteiger partial charge in [-0.15, -0.1) is 11.6 Å². The fourth-order valence-electron chi connectivity index (χ4n) is 1.35. The first-order valence-electron chi connectivity index (χ1n) is 5.17. The van der Waals surface area contributed by atoms with Gasteiger partial charge in [-0.3, -0.25) is 0 Å². The van der Waals surface area contributed by atoms with Crippen LogP contribution in [0.4, 0.5) is 0 Å². The Morgan fingerprint density at radius 2 is 1.82 bits per heavy atom. The van der Waals surface area contributed by atoms with Gasteiger partial charge in [0.05, 0.1) is 11.6 Å². The number of alkyl halides is 1. The van der Waals surface area contributed by atoms with E-state index in [0.717, 1.165) is 16.3 Å².